The predicted molar refractivity (Wildman–Crippen MR) is 58.7 cm³/mol. The Morgan fingerprint density at radius 3 is 2.86 bits per heavy atom. The second-order valence-electron chi connectivity index (χ2n) is 2.64. The summed E-state index contributed by atoms with van der Waals surface area (Å²) in [5, 5.41) is 0. The van der Waals surface area contributed by atoms with Gasteiger partial charge in [0.2, 0.25) is 0 Å². The molecule has 0 aliphatic heterocycles. The molecule has 0 saturated carbocycles. The molecule has 1 rings (SSSR count). The summed E-state index contributed by atoms with van der Waals surface area (Å²) in [5.74, 6) is 0.155. The van der Waals surface area contributed by atoms with Gasteiger partial charge in [-0.05, 0) is 12.1 Å². The maximum atomic E-state index is 13.4. The summed E-state index contributed by atoms with van der Waals surface area (Å²) in [6, 6.07) is 3.10. The first-order valence-corrected chi connectivity index (χ1v) is 4.88. The van der Waals surface area contributed by atoms with E-state index in [1.54, 1.807) is 18.2 Å². The Bertz CT molecular complexity index is 352. The van der Waals surface area contributed by atoms with Crippen LogP contribution in [0.1, 0.15) is 5.56 Å². The molecule has 2 nitrogen and oxygen atoms in total. The van der Waals surface area contributed by atoms with E-state index in [-0.39, 0.29) is 5.82 Å². The first kappa shape index (κ1) is 11.2. The van der Waals surface area contributed by atoms with E-state index < -0.39 is 0 Å². The number of nitrogens with two attached hydrogens (primary N) is 1. The standard InChI is InChI=1S/C10H11BrFNO/c1-14-10-6-7(11)5-9(12)8(10)3-2-4-13/h2-3,5-6H,4,13H2,1H3/b3-2+. The van der Waals surface area contributed by atoms with Crippen LogP contribution in [0.5, 0.6) is 5.75 Å². The van der Waals surface area contributed by atoms with Gasteiger partial charge >= 0.3 is 0 Å². The van der Waals surface area contributed by atoms with Crippen molar-refractivity contribution in [2.24, 2.45) is 5.73 Å². The van der Waals surface area contributed by atoms with E-state index in [1.165, 1.54) is 13.2 Å². The molecule has 14 heavy (non-hydrogen) atoms. The molecule has 2 N–H and O–H groups in total. The first-order valence-electron chi connectivity index (χ1n) is 4.08. The molecule has 0 aliphatic rings. The van der Waals surface area contributed by atoms with Gasteiger partial charge in [-0.1, -0.05) is 28.1 Å². The van der Waals surface area contributed by atoms with Crippen molar-refractivity contribution in [1.82, 2.24) is 0 Å². The van der Waals surface area contributed by atoms with Gasteiger partial charge in [0.05, 0.1) is 12.7 Å². The van der Waals surface area contributed by atoms with Gasteiger partial charge in [0, 0.05) is 11.0 Å². The molecular formula is C10H11BrFNO. The molecule has 1 aromatic carbocycles. The second kappa shape index (κ2) is 5.12. The predicted octanol–water partition coefficient (Wildman–Crippen LogP) is 2.57. The Morgan fingerprint density at radius 1 is 1.57 bits per heavy atom. The highest BCUT2D eigenvalue weighted by Gasteiger charge is 2.07. The van der Waals surface area contributed by atoms with E-state index >= 15 is 0 Å². The van der Waals surface area contributed by atoms with Crippen LogP contribution in [-0.2, 0) is 0 Å². The van der Waals surface area contributed by atoms with Crippen molar-refractivity contribution in [2.45, 2.75) is 0 Å². The van der Waals surface area contributed by atoms with Crippen LogP contribution in [0.25, 0.3) is 6.08 Å². The second-order valence-corrected chi connectivity index (χ2v) is 3.56. The van der Waals surface area contributed by atoms with E-state index in [4.69, 9.17) is 10.5 Å². The zero-order valence-corrected chi connectivity index (χ0v) is 9.34. The lowest BCUT2D eigenvalue weighted by atomic mass is 10.1. The normalized spacial score (nSPS) is 10.9. The number of rotatable bonds is 3. The quantitative estimate of drug-likeness (QED) is 0.906. The van der Waals surface area contributed by atoms with Crippen LogP contribution < -0.4 is 10.5 Å². The van der Waals surface area contributed by atoms with Gasteiger partial charge in [-0.15, -0.1) is 0 Å². The lowest BCUT2D eigenvalue weighted by molar-refractivity contribution is 0.409. The third-order valence-electron chi connectivity index (χ3n) is 1.70. The average molecular weight is 260 g/mol. The van der Waals surface area contributed by atoms with Crippen molar-refractivity contribution >= 4 is 22.0 Å². The van der Waals surface area contributed by atoms with Gasteiger partial charge in [0.1, 0.15) is 11.6 Å². The third-order valence-corrected chi connectivity index (χ3v) is 2.15. The van der Waals surface area contributed by atoms with Crippen molar-refractivity contribution in [3.63, 3.8) is 0 Å². The minimum atomic E-state index is -0.332. The summed E-state index contributed by atoms with van der Waals surface area (Å²) in [6.45, 7) is 0.374. The molecule has 0 amide bonds. The molecular weight excluding hydrogens is 249 g/mol. The Labute approximate surface area is 90.7 Å². The topological polar surface area (TPSA) is 35.2 Å². The first-order chi connectivity index (χ1) is 6.69. The molecule has 0 heterocycles. The van der Waals surface area contributed by atoms with E-state index in [0.29, 0.717) is 22.3 Å². The zero-order valence-electron chi connectivity index (χ0n) is 7.76. The summed E-state index contributed by atoms with van der Waals surface area (Å²) in [6.07, 6.45) is 3.29. The highest BCUT2D eigenvalue weighted by atomic mass is 79.9. The van der Waals surface area contributed by atoms with Crippen LogP contribution in [0.2, 0.25) is 0 Å². The molecule has 0 fully saturated rings. The summed E-state index contributed by atoms with van der Waals surface area (Å²) in [7, 11) is 1.50. The minimum Gasteiger partial charge on any atom is -0.496 e. The van der Waals surface area contributed by atoms with Gasteiger partial charge in [0.15, 0.2) is 0 Å². The molecule has 0 saturated heterocycles. The maximum absolute atomic E-state index is 13.4. The van der Waals surface area contributed by atoms with Crippen LogP contribution in [0, 0.1) is 5.82 Å². The van der Waals surface area contributed by atoms with E-state index in [1.807, 2.05) is 0 Å². The fourth-order valence-corrected chi connectivity index (χ4v) is 1.49. The van der Waals surface area contributed by atoms with Crippen LogP contribution in [0.15, 0.2) is 22.7 Å². The fraction of sp³-hybridized carbons (Fsp3) is 0.200. The van der Waals surface area contributed by atoms with Gasteiger partial charge < -0.3 is 10.5 Å². The third kappa shape index (κ3) is 2.56. The minimum absolute atomic E-state index is 0.332. The lowest BCUT2D eigenvalue weighted by Gasteiger charge is -2.06. The van der Waals surface area contributed by atoms with Crippen LogP contribution >= 0.6 is 15.9 Å². The van der Waals surface area contributed by atoms with Crippen molar-refractivity contribution < 1.29 is 9.13 Å². The molecule has 0 aromatic heterocycles. The fourth-order valence-electron chi connectivity index (χ4n) is 1.08. The number of hydrogen-bond donors (Lipinski definition) is 1. The maximum Gasteiger partial charge on any atom is 0.135 e. The SMILES string of the molecule is COc1cc(Br)cc(F)c1/C=C/CN. The van der Waals surface area contributed by atoms with Gasteiger partial charge in [0.25, 0.3) is 0 Å². The molecule has 0 unspecified atom stereocenters. The molecule has 4 heteroatoms. The van der Waals surface area contributed by atoms with E-state index in [0.717, 1.165) is 0 Å². The van der Waals surface area contributed by atoms with Gasteiger partial charge in [-0.25, -0.2) is 4.39 Å². The smallest absolute Gasteiger partial charge is 0.135 e. The Kier molecular flexibility index (Phi) is 4.10. The average Bonchev–Trinajstić information content (AvgIpc) is 2.15. The summed E-state index contributed by atoms with van der Waals surface area (Å²) < 4.78 is 19.1. The number of ether oxygens (including phenoxy) is 1. The van der Waals surface area contributed by atoms with Crippen molar-refractivity contribution in [3.05, 3.63) is 34.1 Å². The Morgan fingerprint density at radius 2 is 2.29 bits per heavy atom. The van der Waals surface area contributed by atoms with Crippen molar-refractivity contribution in [3.8, 4) is 5.75 Å². The van der Waals surface area contributed by atoms with Gasteiger partial charge in [-0.3, -0.25) is 0 Å². The van der Waals surface area contributed by atoms with Crippen LogP contribution in [0.3, 0.4) is 0 Å². The van der Waals surface area contributed by atoms with E-state index in [9.17, 15) is 4.39 Å². The lowest BCUT2D eigenvalue weighted by Crippen LogP contribution is -1.94. The van der Waals surface area contributed by atoms with Crippen LogP contribution in [-0.4, -0.2) is 13.7 Å². The summed E-state index contributed by atoms with van der Waals surface area (Å²) in [4.78, 5) is 0. The summed E-state index contributed by atoms with van der Waals surface area (Å²) >= 11 is 3.19. The molecule has 0 spiro atoms. The molecule has 0 bridgehead atoms. The monoisotopic (exact) mass is 259 g/mol. The molecule has 0 aliphatic carbocycles. The Balaban J connectivity index is 3.18. The number of methoxy groups -OCH3 is 1. The van der Waals surface area contributed by atoms with E-state index in [2.05, 4.69) is 15.9 Å². The summed E-state index contributed by atoms with van der Waals surface area (Å²) in [5.41, 5.74) is 5.71. The molecule has 76 valence electrons. The van der Waals surface area contributed by atoms with Crippen LogP contribution in [0.4, 0.5) is 4.39 Å². The number of hydrogen-bond acceptors (Lipinski definition) is 2. The van der Waals surface area contributed by atoms with Gasteiger partial charge in [-0.2, -0.15) is 0 Å². The molecule has 1 aromatic rings. The highest BCUT2D eigenvalue weighted by molar-refractivity contribution is 9.10. The largest absolute Gasteiger partial charge is 0.496 e. The number of benzene rings is 1. The molecule has 0 atom stereocenters. The highest BCUT2D eigenvalue weighted by Crippen LogP contribution is 2.27. The number of halogens is 2. The van der Waals surface area contributed by atoms with Crippen molar-refractivity contribution in [1.29, 1.82) is 0 Å². The zero-order chi connectivity index (χ0) is 10.6. The molecule has 0 radical (unpaired) electrons. The Hall–Kier alpha value is -0.870. The van der Waals surface area contributed by atoms with Crippen molar-refractivity contribution in [2.75, 3.05) is 13.7 Å².